The molecule has 30 heavy (non-hydrogen) atoms. The number of amides is 1. The fraction of sp³-hybridized carbons (Fsp3) is 0.333. The normalized spacial score (nSPS) is 11.1. The highest BCUT2D eigenvalue weighted by Gasteiger charge is 2.18. The van der Waals surface area contributed by atoms with E-state index in [1.54, 1.807) is 20.4 Å². The number of benzene rings is 1. The highest BCUT2D eigenvalue weighted by atomic mass is 32.2. The van der Waals surface area contributed by atoms with Gasteiger partial charge in [-0.15, -0.1) is 11.8 Å². The molecule has 1 aromatic carbocycles. The Hall–Kier alpha value is -2.91. The molecule has 0 radical (unpaired) electrons. The molecule has 8 nitrogen and oxygen atoms in total. The van der Waals surface area contributed by atoms with E-state index in [0.29, 0.717) is 15.8 Å². The number of aryl methyl sites for hydroxylation is 3. The van der Waals surface area contributed by atoms with E-state index in [2.05, 4.69) is 10.3 Å². The van der Waals surface area contributed by atoms with Crippen molar-refractivity contribution in [2.24, 2.45) is 14.1 Å². The molecule has 9 heteroatoms. The van der Waals surface area contributed by atoms with Crippen LogP contribution < -0.4 is 16.6 Å². The molecule has 0 aliphatic carbocycles. The van der Waals surface area contributed by atoms with Crippen LogP contribution in [0.15, 0.2) is 38.9 Å². The molecular formula is C21H24N4O4S. The van der Waals surface area contributed by atoms with E-state index >= 15 is 0 Å². The molecule has 0 fully saturated rings. The van der Waals surface area contributed by atoms with Crippen molar-refractivity contribution >= 4 is 34.4 Å². The minimum Gasteiger partial charge on any atom is -0.380 e. The predicted octanol–water partition coefficient (Wildman–Crippen LogP) is 2.13. The first-order valence-electron chi connectivity index (χ1n) is 9.30. The van der Waals surface area contributed by atoms with Gasteiger partial charge in [0.1, 0.15) is 5.65 Å². The molecule has 0 saturated carbocycles. The smallest absolute Gasteiger partial charge is 0.332 e. The van der Waals surface area contributed by atoms with Gasteiger partial charge in [-0.25, -0.2) is 9.78 Å². The minimum absolute atomic E-state index is 0.0921. The summed E-state index contributed by atoms with van der Waals surface area (Å²) in [5, 5.41) is 3.20. The molecular weight excluding hydrogens is 404 g/mol. The number of carbonyl (C=O) groups is 1. The maximum absolute atomic E-state index is 12.8. The molecule has 3 aromatic rings. The van der Waals surface area contributed by atoms with Gasteiger partial charge in [-0.2, -0.15) is 0 Å². The van der Waals surface area contributed by atoms with Crippen molar-refractivity contribution in [3.8, 4) is 0 Å². The van der Waals surface area contributed by atoms with E-state index in [0.717, 1.165) is 21.4 Å². The van der Waals surface area contributed by atoms with Crippen LogP contribution in [-0.2, 0) is 30.2 Å². The lowest BCUT2D eigenvalue weighted by Gasteiger charge is -2.14. The largest absolute Gasteiger partial charge is 0.380 e. The SMILES string of the molecule is COCc1cnc2c(c1SCC(=O)Nc1cc(C)cc(C)c1)c(=O)n(C)c(=O)n2C. The number of methoxy groups -OCH3 is 1. The highest BCUT2D eigenvalue weighted by Crippen LogP contribution is 2.28. The fourth-order valence-electron chi connectivity index (χ4n) is 3.35. The van der Waals surface area contributed by atoms with Crippen molar-refractivity contribution in [1.29, 1.82) is 0 Å². The van der Waals surface area contributed by atoms with Gasteiger partial charge in [0, 0.05) is 43.5 Å². The highest BCUT2D eigenvalue weighted by molar-refractivity contribution is 8.00. The number of ether oxygens (including phenoxy) is 1. The Balaban J connectivity index is 1.97. The van der Waals surface area contributed by atoms with Crippen molar-refractivity contribution in [1.82, 2.24) is 14.1 Å². The number of fused-ring (bicyclic) bond motifs is 1. The Bertz CT molecular complexity index is 1230. The Morgan fingerprint density at radius 2 is 1.80 bits per heavy atom. The van der Waals surface area contributed by atoms with Crippen molar-refractivity contribution < 1.29 is 9.53 Å². The molecule has 0 unspecified atom stereocenters. The van der Waals surface area contributed by atoms with E-state index in [9.17, 15) is 14.4 Å². The maximum Gasteiger partial charge on any atom is 0.332 e. The number of rotatable bonds is 6. The van der Waals surface area contributed by atoms with Gasteiger partial charge in [-0.1, -0.05) is 6.07 Å². The number of hydrogen-bond donors (Lipinski definition) is 1. The zero-order valence-electron chi connectivity index (χ0n) is 17.6. The molecule has 1 amide bonds. The van der Waals surface area contributed by atoms with Gasteiger partial charge in [0.2, 0.25) is 5.91 Å². The van der Waals surface area contributed by atoms with Crippen molar-refractivity contribution in [3.05, 3.63) is 61.9 Å². The quantitative estimate of drug-likeness (QED) is 0.605. The fourth-order valence-corrected chi connectivity index (χ4v) is 4.31. The van der Waals surface area contributed by atoms with E-state index in [4.69, 9.17) is 4.74 Å². The molecule has 1 N–H and O–H groups in total. The van der Waals surface area contributed by atoms with Crippen molar-refractivity contribution in [3.63, 3.8) is 0 Å². The lowest BCUT2D eigenvalue weighted by Crippen LogP contribution is -2.37. The average molecular weight is 429 g/mol. The molecule has 2 heterocycles. The molecule has 0 spiro atoms. The van der Waals surface area contributed by atoms with Gasteiger partial charge in [-0.05, 0) is 37.1 Å². The zero-order valence-corrected chi connectivity index (χ0v) is 18.4. The summed E-state index contributed by atoms with van der Waals surface area (Å²) < 4.78 is 7.61. The lowest BCUT2D eigenvalue weighted by atomic mass is 10.1. The van der Waals surface area contributed by atoms with Gasteiger partial charge >= 0.3 is 5.69 Å². The monoisotopic (exact) mass is 428 g/mol. The molecule has 0 aliphatic heterocycles. The second-order valence-corrected chi connectivity index (χ2v) is 8.15. The molecule has 0 saturated heterocycles. The number of carbonyl (C=O) groups excluding carboxylic acids is 1. The zero-order chi connectivity index (χ0) is 22.0. The third-order valence-electron chi connectivity index (χ3n) is 4.65. The van der Waals surface area contributed by atoms with Crippen molar-refractivity contribution in [2.75, 3.05) is 18.2 Å². The third kappa shape index (κ3) is 4.31. The topological polar surface area (TPSA) is 95.2 Å². The van der Waals surface area contributed by atoms with Crippen LogP contribution in [0.3, 0.4) is 0 Å². The number of pyridine rings is 1. The number of hydrogen-bond acceptors (Lipinski definition) is 6. The van der Waals surface area contributed by atoms with E-state index in [1.807, 2.05) is 32.0 Å². The van der Waals surface area contributed by atoms with Crippen LogP contribution in [0.25, 0.3) is 11.0 Å². The lowest BCUT2D eigenvalue weighted by molar-refractivity contribution is -0.113. The van der Waals surface area contributed by atoms with Gasteiger partial charge in [-0.3, -0.25) is 18.7 Å². The van der Waals surface area contributed by atoms with Crippen LogP contribution in [0.2, 0.25) is 0 Å². The summed E-state index contributed by atoms with van der Waals surface area (Å²) in [6, 6.07) is 5.84. The van der Waals surface area contributed by atoms with Crippen LogP contribution >= 0.6 is 11.8 Å². The summed E-state index contributed by atoms with van der Waals surface area (Å²) in [7, 11) is 4.53. The second kappa shape index (κ2) is 8.85. The minimum atomic E-state index is -0.456. The molecule has 0 atom stereocenters. The molecule has 0 bridgehead atoms. The second-order valence-electron chi connectivity index (χ2n) is 7.16. The maximum atomic E-state index is 12.8. The first kappa shape index (κ1) is 21.8. The van der Waals surface area contributed by atoms with E-state index in [1.165, 1.54) is 23.4 Å². The Labute approximate surface area is 177 Å². The Morgan fingerprint density at radius 1 is 1.13 bits per heavy atom. The van der Waals surface area contributed by atoms with Gasteiger partial charge in [0.25, 0.3) is 5.56 Å². The first-order chi connectivity index (χ1) is 14.2. The summed E-state index contributed by atoms with van der Waals surface area (Å²) in [4.78, 5) is 42.5. The van der Waals surface area contributed by atoms with Crippen LogP contribution in [0.1, 0.15) is 16.7 Å². The van der Waals surface area contributed by atoms with Crippen LogP contribution in [-0.4, -0.2) is 32.9 Å². The summed E-state index contributed by atoms with van der Waals surface area (Å²) in [6.45, 7) is 4.17. The number of nitrogens with zero attached hydrogens (tertiary/aromatic N) is 3. The van der Waals surface area contributed by atoms with Gasteiger partial charge in [0.05, 0.1) is 17.7 Å². The first-order valence-corrected chi connectivity index (χ1v) is 10.3. The van der Waals surface area contributed by atoms with Crippen LogP contribution in [0.4, 0.5) is 5.69 Å². The summed E-state index contributed by atoms with van der Waals surface area (Å²) in [6.07, 6.45) is 1.58. The number of nitrogens with one attached hydrogen (secondary N) is 1. The Kier molecular flexibility index (Phi) is 6.42. The number of anilines is 1. The third-order valence-corrected chi connectivity index (χ3v) is 5.81. The van der Waals surface area contributed by atoms with E-state index < -0.39 is 11.2 Å². The average Bonchev–Trinajstić information content (AvgIpc) is 2.68. The standard InChI is InChI=1S/C21H24N4O4S/c1-12-6-13(2)8-15(7-12)23-16(26)11-30-18-14(10-29-5)9-22-19-17(18)20(27)25(4)21(28)24(19)3/h6-9H,10-11H2,1-5H3,(H,23,26). The summed E-state index contributed by atoms with van der Waals surface area (Å²) in [5.74, 6) is -0.102. The number of thioether (sulfide) groups is 1. The Morgan fingerprint density at radius 3 is 2.43 bits per heavy atom. The van der Waals surface area contributed by atoms with Crippen LogP contribution in [0, 0.1) is 13.8 Å². The van der Waals surface area contributed by atoms with Crippen LogP contribution in [0.5, 0.6) is 0 Å². The molecule has 2 aromatic heterocycles. The van der Waals surface area contributed by atoms with Gasteiger partial charge in [0.15, 0.2) is 0 Å². The van der Waals surface area contributed by atoms with E-state index in [-0.39, 0.29) is 23.9 Å². The summed E-state index contributed by atoms with van der Waals surface area (Å²) in [5.41, 5.74) is 2.91. The number of aromatic nitrogens is 3. The molecule has 0 aliphatic rings. The van der Waals surface area contributed by atoms with Gasteiger partial charge < -0.3 is 10.1 Å². The molecule has 3 rings (SSSR count). The summed E-state index contributed by atoms with van der Waals surface area (Å²) >= 11 is 1.23. The predicted molar refractivity (Wildman–Crippen MR) is 118 cm³/mol. The van der Waals surface area contributed by atoms with Crippen molar-refractivity contribution in [2.45, 2.75) is 25.3 Å². The molecule has 158 valence electrons.